The van der Waals surface area contributed by atoms with Gasteiger partial charge in [0.25, 0.3) is 0 Å². The van der Waals surface area contributed by atoms with Crippen molar-refractivity contribution in [3.8, 4) is 17.2 Å². The molecule has 0 radical (unpaired) electrons. The summed E-state index contributed by atoms with van der Waals surface area (Å²) in [7, 11) is 0. The van der Waals surface area contributed by atoms with E-state index in [9.17, 15) is 53.4 Å². The third kappa shape index (κ3) is 9.56. The highest BCUT2D eigenvalue weighted by Gasteiger charge is 2.61. The maximum atomic E-state index is 13.3. The molecule has 3 rings (SSSR count). The summed E-state index contributed by atoms with van der Waals surface area (Å²) in [6.45, 7) is -1.87. The van der Waals surface area contributed by atoms with E-state index in [0.717, 1.165) is 35.2 Å². The predicted molar refractivity (Wildman–Crippen MR) is 125 cm³/mol. The van der Waals surface area contributed by atoms with Crippen LogP contribution in [0.5, 0.6) is 17.2 Å². The van der Waals surface area contributed by atoms with E-state index in [4.69, 9.17) is 4.74 Å². The first kappa shape index (κ1) is 32.6. The molecular formula is C26H20F11NO4. The molecule has 5 nitrogen and oxygen atoms in total. The van der Waals surface area contributed by atoms with Crippen LogP contribution in [-0.2, 0) is 13.2 Å². The van der Waals surface area contributed by atoms with Gasteiger partial charge in [0.1, 0.15) is 23.9 Å². The van der Waals surface area contributed by atoms with Gasteiger partial charge >= 0.3 is 24.8 Å². The lowest BCUT2D eigenvalue weighted by Crippen LogP contribution is -2.42. The van der Waals surface area contributed by atoms with Crippen molar-refractivity contribution in [1.29, 1.82) is 0 Å². The molecule has 0 spiro atoms. The summed E-state index contributed by atoms with van der Waals surface area (Å²) in [4.78, 5) is 0.962. The van der Waals surface area contributed by atoms with Crippen molar-refractivity contribution >= 4 is 5.69 Å². The van der Waals surface area contributed by atoms with E-state index in [1.165, 1.54) is 42.5 Å². The van der Waals surface area contributed by atoms with Crippen LogP contribution in [0.4, 0.5) is 54.0 Å². The van der Waals surface area contributed by atoms with Crippen LogP contribution >= 0.6 is 0 Å². The average Bonchev–Trinajstić information content (AvgIpc) is 2.85. The molecule has 0 aliphatic rings. The van der Waals surface area contributed by atoms with Crippen molar-refractivity contribution in [2.24, 2.45) is 0 Å². The molecule has 0 unspecified atom stereocenters. The van der Waals surface area contributed by atoms with Gasteiger partial charge in [-0.3, -0.25) is 0 Å². The number of alkyl halides is 11. The second-order valence-electron chi connectivity index (χ2n) is 8.68. The molecule has 0 aromatic heterocycles. The molecule has 0 saturated carbocycles. The monoisotopic (exact) mass is 619 g/mol. The SMILES string of the molecule is O[C@H](CN(Cc1cccc(OC(F)(F)C(F)(F)F)c1)c1cccc(OCc2cccc(OC(F)(F)F)c2)c1)C(F)(F)F. The Morgan fingerprint density at radius 1 is 0.667 bits per heavy atom. The van der Waals surface area contributed by atoms with Crippen molar-refractivity contribution in [2.45, 2.75) is 44.1 Å². The molecular weight excluding hydrogens is 599 g/mol. The molecule has 0 aliphatic heterocycles. The first-order valence-electron chi connectivity index (χ1n) is 11.6. The zero-order valence-electron chi connectivity index (χ0n) is 20.9. The first-order valence-corrected chi connectivity index (χ1v) is 11.6. The number of hydrogen-bond acceptors (Lipinski definition) is 5. The molecule has 0 saturated heterocycles. The normalized spacial score (nSPS) is 13.4. The van der Waals surface area contributed by atoms with Gasteiger partial charge in [0.2, 0.25) is 0 Å². The fourth-order valence-electron chi connectivity index (χ4n) is 3.48. The third-order valence-electron chi connectivity index (χ3n) is 5.34. The number of halogens is 11. The van der Waals surface area contributed by atoms with Crippen LogP contribution in [0.3, 0.4) is 0 Å². The van der Waals surface area contributed by atoms with Gasteiger partial charge in [0.05, 0.1) is 6.54 Å². The molecule has 0 aliphatic carbocycles. The lowest BCUT2D eigenvalue weighted by atomic mass is 10.1. The first-order chi connectivity index (χ1) is 19.3. The Bertz CT molecular complexity index is 1330. The van der Waals surface area contributed by atoms with Gasteiger partial charge < -0.3 is 24.2 Å². The highest BCUT2D eigenvalue weighted by molar-refractivity contribution is 5.52. The van der Waals surface area contributed by atoms with Gasteiger partial charge in [0, 0.05) is 18.3 Å². The maximum Gasteiger partial charge on any atom is 0.573 e. The molecule has 1 atom stereocenters. The number of hydrogen-bond donors (Lipinski definition) is 1. The minimum Gasteiger partial charge on any atom is -0.489 e. The lowest BCUT2D eigenvalue weighted by molar-refractivity contribution is -0.360. The van der Waals surface area contributed by atoms with Crippen molar-refractivity contribution in [2.75, 3.05) is 11.4 Å². The van der Waals surface area contributed by atoms with Gasteiger partial charge in [-0.2, -0.15) is 35.1 Å². The molecule has 1 N–H and O–H groups in total. The summed E-state index contributed by atoms with van der Waals surface area (Å²) in [5.41, 5.74) is 0.212. The van der Waals surface area contributed by atoms with E-state index in [1.807, 2.05) is 0 Å². The fraction of sp³-hybridized carbons (Fsp3) is 0.308. The Balaban J connectivity index is 1.82. The van der Waals surface area contributed by atoms with Crippen LogP contribution < -0.4 is 19.1 Å². The van der Waals surface area contributed by atoms with E-state index in [0.29, 0.717) is 0 Å². The highest BCUT2D eigenvalue weighted by atomic mass is 19.4. The quantitative estimate of drug-likeness (QED) is 0.224. The molecule has 230 valence electrons. The Morgan fingerprint density at radius 2 is 1.21 bits per heavy atom. The zero-order chi connectivity index (χ0) is 31.3. The van der Waals surface area contributed by atoms with E-state index in [2.05, 4.69) is 9.47 Å². The Morgan fingerprint density at radius 3 is 1.81 bits per heavy atom. The van der Waals surface area contributed by atoms with Crippen molar-refractivity contribution in [3.05, 3.63) is 83.9 Å². The molecule has 42 heavy (non-hydrogen) atoms. The minimum absolute atomic E-state index is 0.0110. The smallest absolute Gasteiger partial charge is 0.489 e. The Hall–Kier alpha value is -3.95. The van der Waals surface area contributed by atoms with E-state index >= 15 is 0 Å². The number of rotatable bonds is 11. The van der Waals surface area contributed by atoms with Gasteiger partial charge in [-0.25, -0.2) is 0 Å². The van der Waals surface area contributed by atoms with Crippen LogP contribution in [0, 0.1) is 0 Å². The predicted octanol–water partition coefficient (Wildman–Crippen LogP) is 7.63. The number of aliphatic hydroxyl groups is 1. The molecule has 0 bridgehead atoms. The second-order valence-corrected chi connectivity index (χ2v) is 8.68. The standard InChI is InChI=1S/C26H20F11NO4/c27-23(28,29)22(39)14-38(13-16-4-1-8-20(10-16)41-25(33,34)24(30,31)32)18-6-3-7-19(12-18)40-15-17-5-2-9-21(11-17)42-26(35,36)37/h1-12,22,39H,13-15H2/t22-/m1/s1. The van der Waals surface area contributed by atoms with Crippen LogP contribution in [0.2, 0.25) is 0 Å². The molecule has 0 amide bonds. The summed E-state index contributed by atoms with van der Waals surface area (Å²) < 4.78 is 154. The summed E-state index contributed by atoms with van der Waals surface area (Å²) in [6.07, 6.45) is -24.4. The van der Waals surface area contributed by atoms with Gasteiger partial charge in [0.15, 0.2) is 6.10 Å². The largest absolute Gasteiger partial charge is 0.573 e. The minimum atomic E-state index is -6.03. The summed E-state index contributed by atoms with van der Waals surface area (Å²) in [5.74, 6) is -1.38. The van der Waals surface area contributed by atoms with Crippen molar-refractivity contribution < 1.29 is 67.6 Å². The Kier molecular flexibility index (Phi) is 9.70. The van der Waals surface area contributed by atoms with Gasteiger partial charge in [-0.05, 0) is 47.5 Å². The highest BCUT2D eigenvalue weighted by Crippen LogP contribution is 2.37. The second kappa shape index (κ2) is 12.5. The van der Waals surface area contributed by atoms with Gasteiger partial charge in [-0.15, -0.1) is 13.2 Å². The summed E-state index contributed by atoms with van der Waals surface area (Å²) in [5, 5.41) is 9.68. The van der Waals surface area contributed by atoms with E-state index in [1.54, 1.807) is 0 Å². The summed E-state index contributed by atoms with van der Waals surface area (Å²) >= 11 is 0. The number of ether oxygens (including phenoxy) is 3. The zero-order valence-corrected chi connectivity index (χ0v) is 20.9. The number of anilines is 1. The number of benzene rings is 3. The van der Waals surface area contributed by atoms with Gasteiger partial charge in [-0.1, -0.05) is 30.3 Å². The third-order valence-corrected chi connectivity index (χ3v) is 5.34. The molecule has 3 aromatic rings. The molecule has 0 fully saturated rings. The van der Waals surface area contributed by atoms with Crippen LogP contribution in [0.25, 0.3) is 0 Å². The van der Waals surface area contributed by atoms with E-state index < -0.39 is 55.5 Å². The topological polar surface area (TPSA) is 51.2 Å². The maximum absolute atomic E-state index is 13.3. The van der Waals surface area contributed by atoms with Crippen LogP contribution in [0.15, 0.2) is 72.8 Å². The Labute approximate surface area is 230 Å². The van der Waals surface area contributed by atoms with Crippen LogP contribution in [-0.4, -0.2) is 42.6 Å². The number of aliphatic hydroxyl groups excluding tert-OH is 1. The van der Waals surface area contributed by atoms with Crippen LogP contribution in [0.1, 0.15) is 11.1 Å². The van der Waals surface area contributed by atoms with E-state index in [-0.39, 0.29) is 29.2 Å². The molecule has 3 aromatic carbocycles. The number of nitrogens with zero attached hydrogens (tertiary/aromatic N) is 1. The average molecular weight is 619 g/mol. The van der Waals surface area contributed by atoms with Crippen molar-refractivity contribution in [3.63, 3.8) is 0 Å². The summed E-state index contributed by atoms with van der Waals surface area (Å²) in [6, 6.07) is 13.9. The van der Waals surface area contributed by atoms with Crippen molar-refractivity contribution in [1.82, 2.24) is 0 Å². The molecule has 0 heterocycles. The fourth-order valence-corrected chi connectivity index (χ4v) is 3.48. The lowest BCUT2D eigenvalue weighted by Gasteiger charge is -2.29. The molecule has 16 heteroatoms.